The molecule has 0 radical (unpaired) electrons. The number of hydrogen-bond acceptors (Lipinski definition) is 9. The van der Waals surface area contributed by atoms with Crippen molar-refractivity contribution < 1.29 is 38.5 Å². The lowest BCUT2D eigenvalue weighted by molar-refractivity contribution is -0.137. The highest BCUT2D eigenvalue weighted by molar-refractivity contribution is 6.07. The van der Waals surface area contributed by atoms with Gasteiger partial charge in [-0.3, -0.25) is 9.59 Å². The molecule has 1 saturated carbocycles. The van der Waals surface area contributed by atoms with E-state index in [1.165, 1.54) is 7.11 Å². The van der Waals surface area contributed by atoms with Crippen LogP contribution in [-0.2, 0) is 25.7 Å². The van der Waals surface area contributed by atoms with Gasteiger partial charge in [0.25, 0.3) is 5.91 Å². The molecule has 16 nitrogen and oxygen atoms in total. The largest absolute Gasteiger partial charge is 0.488 e. The van der Waals surface area contributed by atoms with Crippen molar-refractivity contribution in [3.8, 4) is 28.1 Å². The van der Waals surface area contributed by atoms with E-state index in [0.717, 1.165) is 74.2 Å². The number of likely N-dealkylation sites (tertiary alicyclic amines) is 2. The number of amides is 4. The number of rotatable bonds is 11. The van der Waals surface area contributed by atoms with Gasteiger partial charge in [-0.2, -0.15) is 0 Å². The van der Waals surface area contributed by atoms with Crippen LogP contribution in [0.25, 0.3) is 44.2 Å². The average Bonchev–Trinajstić information content (AvgIpc) is 3.76. The Hall–Kier alpha value is -6.94. The van der Waals surface area contributed by atoms with E-state index in [9.17, 15) is 24.3 Å². The van der Waals surface area contributed by atoms with Crippen LogP contribution in [0.1, 0.15) is 74.0 Å². The number of carbonyl (C=O) groups is 4. The Bertz CT molecular complexity index is 2800. The zero-order chi connectivity index (χ0) is 44.4. The maximum atomic E-state index is 14.1. The van der Waals surface area contributed by atoms with Crippen LogP contribution in [0, 0.1) is 17.8 Å². The van der Waals surface area contributed by atoms with Crippen molar-refractivity contribution in [2.45, 2.75) is 69.9 Å². The topological polar surface area (TPSA) is 204 Å². The third-order valence-electron chi connectivity index (χ3n) is 13.4. The van der Waals surface area contributed by atoms with Crippen molar-refractivity contribution in [1.82, 2.24) is 40.4 Å². The van der Waals surface area contributed by atoms with E-state index < -0.39 is 30.3 Å². The fourth-order valence-electron chi connectivity index (χ4n) is 10.2. The molecule has 7 atom stereocenters. The molecule has 10 rings (SSSR count). The standard InChI is InChI=1S/C48H50N8O8/c1-24(2)40(54-48(61)63-4)46(58)56-36-17-29(36)18-38(56)44-50-34-13-11-27-16-33-31-12-10-28(15-30(31)23-64-39(33)19-32(27)42(34)52-44)35-20-49-43(51-35)37-14-25(22-62-3)21-55(37)45(57)41(53-47(59)60)26-8-6-5-7-9-26/h5-13,15-16,19-20,24-25,29,36-38,40-41,53H,14,17-18,21-23H2,1-4H3,(H,49,51)(H,50,52)(H,54,61)(H,59,60)/t25-,29+,36+,37-,38-,40-,41+/m0/s1. The Morgan fingerprint density at radius 3 is 2.50 bits per heavy atom. The molecule has 1 aliphatic carbocycles. The number of aromatic nitrogens is 4. The van der Waals surface area contributed by atoms with Gasteiger partial charge < -0.3 is 49.7 Å². The molecular formula is C48H50N8O8. The number of methoxy groups -OCH3 is 2. The second-order valence-electron chi connectivity index (χ2n) is 17.8. The summed E-state index contributed by atoms with van der Waals surface area (Å²) in [6, 6.07) is 21.1. The van der Waals surface area contributed by atoms with Crippen LogP contribution in [0.4, 0.5) is 9.59 Å². The van der Waals surface area contributed by atoms with Crippen molar-refractivity contribution in [3.05, 3.63) is 102 Å². The van der Waals surface area contributed by atoms with Crippen LogP contribution in [0.5, 0.6) is 5.75 Å². The number of carboxylic acid groups (broad SMARTS) is 1. The molecule has 2 saturated heterocycles. The van der Waals surface area contributed by atoms with Crippen molar-refractivity contribution in [1.29, 1.82) is 0 Å². The number of carbonyl (C=O) groups excluding carboxylic acids is 3. The summed E-state index contributed by atoms with van der Waals surface area (Å²) >= 11 is 0. The summed E-state index contributed by atoms with van der Waals surface area (Å²) in [5, 5.41) is 16.8. The van der Waals surface area contributed by atoms with Crippen molar-refractivity contribution in [3.63, 3.8) is 0 Å². The predicted molar refractivity (Wildman–Crippen MR) is 236 cm³/mol. The number of nitrogens with zero attached hydrogens (tertiary/aromatic N) is 4. The molecule has 4 aromatic carbocycles. The lowest BCUT2D eigenvalue weighted by atomic mass is 9.92. The lowest BCUT2D eigenvalue weighted by Crippen LogP contribution is -2.52. The van der Waals surface area contributed by atoms with Gasteiger partial charge in [-0.1, -0.05) is 62.4 Å². The fourth-order valence-corrected chi connectivity index (χ4v) is 10.2. The minimum atomic E-state index is -1.28. The molecule has 0 unspecified atom stereocenters. The van der Waals surface area contributed by atoms with Crippen molar-refractivity contribution in [2.24, 2.45) is 17.8 Å². The summed E-state index contributed by atoms with van der Waals surface area (Å²) in [7, 11) is 2.93. The Labute approximate surface area is 368 Å². The first-order chi connectivity index (χ1) is 31.0. The van der Waals surface area contributed by atoms with Gasteiger partial charge in [0, 0.05) is 36.6 Å². The zero-order valence-corrected chi connectivity index (χ0v) is 36.0. The number of aromatic amines is 2. The molecular weight excluding hydrogens is 817 g/mol. The van der Waals surface area contributed by atoms with Crippen molar-refractivity contribution >= 4 is 45.8 Å². The molecule has 3 fully saturated rings. The van der Waals surface area contributed by atoms with Gasteiger partial charge in [-0.25, -0.2) is 19.6 Å². The van der Waals surface area contributed by atoms with Gasteiger partial charge in [-0.05, 0) is 83.0 Å². The molecule has 16 heteroatoms. The summed E-state index contributed by atoms with van der Waals surface area (Å²) in [4.78, 5) is 72.7. The monoisotopic (exact) mass is 866 g/mol. The van der Waals surface area contributed by atoms with Crippen LogP contribution in [0.3, 0.4) is 0 Å². The summed E-state index contributed by atoms with van der Waals surface area (Å²) in [6.45, 7) is 5.03. The van der Waals surface area contributed by atoms with Gasteiger partial charge in [0.15, 0.2) is 0 Å². The number of hydrogen-bond donors (Lipinski definition) is 5. The molecule has 0 spiro atoms. The van der Waals surface area contributed by atoms with Gasteiger partial charge in [0.2, 0.25) is 5.91 Å². The van der Waals surface area contributed by atoms with Crippen LogP contribution in [0.2, 0.25) is 0 Å². The summed E-state index contributed by atoms with van der Waals surface area (Å²) in [5.74, 6) is 1.95. The Balaban J connectivity index is 0.910. The minimum absolute atomic E-state index is 0.0386. The summed E-state index contributed by atoms with van der Waals surface area (Å²) in [6.07, 6.45) is 2.22. The van der Waals surface area contributed by atoms with Crippen LogP contribution in [0.15, 0.2) is 79.0 Å². The number of fused-ring (bicyclic) bond motifs is 7. The van der Waals surface area contributed by atoms with E-state index in [4.69, 9.17) is 24.2 Å². The Morgan fingerprint density at radius 2 is 1.73 bits per heavy atom. The number of ether oxygens (including phenoxy) is 3. The van der Waals surface area contributed by atoms with Crippen LogP contribution in [-0.4, -0.2) is 98.3 Å². The fraction of sp³-hybridized carbons (Fsp3) is 0.375. The highest BCUT2D eigenvalue weighted by Crippen LogP contribution is 2.54. The maximum absolute atomic E-state index is 14.1. The molecule has 5 N–H and O–H groups in total. The van der Waals surface area contributed by atoms with E-state index in [-0.39, 0.29) is 35.7 Å². The van der Waals surface area contributed by atoms with E-state index in [1.807, 2.05) is 30.9 Å². The first-order valence-electron chi connectivity index (χ1n) is 21.8. The first kappa shape index (κ1) is 41.1. The highest BCUT2D eigenvalue weighted by atomic mass is 16.5. The van der Waals surface area contributed by atoms with Crippen molar-refractivity contribution in [2.75, 3.05) is 27.4 Å². The second kappa shape index (κ2) is 16.3. The van der Waals surface area contributed by atoms with Gasteiger partial charge in [0.05, 0.1) is 48.7 Å². The molecule has 2 aromatic heterocycles. The molecule has 330 valence electrons. The lowest BCUT2D eigenvalue weighted by Gasteiger charge is -2.31. The van der Waals surface area contributed by atoms with E-state index in [2.05, 4.69) is 57.0 Å². The third kappa shape index (κ3) is 7.34. The quantitative estimate of drug-likeness (QED) is 0.0882. The number of imidazole rings is 2. The second-order valence-corrected chi connectivity index (χ2v) is 17.8. The number of H-pyrrole nitrogens is 2. The third-order valence-corrected chi connectivity index (χ3v) is 13.4. The average molecular weight is 867 g/mol. The summed E-state index contributed by atoms with van der Waals surface area (Å²) in [5.41, 5.74) is 6.97. The molecule has 4 amide bonds. The first-order valence-corrected chi connectivity index (χ1v) is 21.8. The number of nitrogens with one attached hydrogen (secondary N) is 4. The Kier molecular flexibility index (Phi) is 10.5. The predicted octanol–water partition coefficient (Wildman–Crippen LogP) is 7.25. The number of benzene rings is 4. The van der Waals surface area contributed by atoms with Crippen LogP contribution >= 0.6 is 0 Å². The molecule has 6 aromatic rings. The molecule has 3 aliphatic heterocycles. The van der Waals surface area contributed by atoms with Crippen LogP contribution < -0.4 is 15.4 Å². The normalized spacial score (nSPS) is 21.8. The molecule has 64 heavy (non-hydrogen) atoms. The number of alkyl carbamates (subject to hydrolysis) is 1. The van der Waals surface area contributed by atoms with E-state index in [1.54, 1.807) is 42.5 Å². The number of piperidine rings is 1. The smallest absolute Gasteiger partial charge is 0.407 e. The SMILES string of the molecule is COC[C@H]1C[C@@H](c2ncc(-c3ccc4c(c3)COc3cc5c(ccc6[nH]c([C@@H]7C[C@H]8C[C@H]8N7C(=O)[C@@H](NC(=O)OC)C(C)C)nc65)cc3-4)[nH]2)N(C(=O)[C@H](NC(=O)O)c2ccccc2)C1. The van der Waals surface area contributed by atoms with Gasteiger partial charge >= 0.3 is 12.2 Å². The Morgan fingerprint density at radius 1 is 0.906 bits per heavy atom. The van der Waals surface area contributed by atoms with Gasteiger partial charge in [-0.15, -0.1) is 0 Å². The maximum Gasteiger partial charge on any atom is 0.407 e. The highest BCUT2D eigenvalue weighted by Gasteiger charge is 2.56. The van der Waals surface area contributed by atoms with Gasteiger partial charge in [0.1, 0.15) is 36.1 Å². The molecule has 4 aliphatic rings. The molecule has 5 heterocycles. The summed E-state index contributed by atoms with van der Waals surface area (Å²) < 4.78 is 16.8. The minimum Gasteiger partial charge on any atom is -0.488 e. The zero-order valence-electron chi connectivity index (χ0n) is 36.0. The van der Waals surface area contributed by atoms with E-state index in [0.29, 0.717) is 43.5 Å². The van der Waals surface area contributed by atoms with E-state index >= 15 is 0 Å². The molecule has 0 bridgehead atoms.